The smallest absolute Gasteiger partial charge is 0.155 e. The summed E-state index contributed by atoms with van der Waals surface area (Å²) in [5, 5.41) is 0. The zero-order valence-corrected chi connectivity index (χ0v) is 17.1. The summed E-state index contributed by atoms with van der Waals surface area (Å²) in [5.41, 5.74) is 6.46. The molecule has 25 heavy (non-hydrogen) atoms. The summed E-state index contributed by atoms with van der Waals surface area (Å²) in [7, 11) is 0. The average Bonchev–Trinajstić information content (AvgIpc) is 2.51. The maximum Gasteiger partial charge on any atom is 0.155 e. The molecule has 0 radical (unpaired) electrons. The lowest BCUT2D eigenvalue weighted by Crippen LogP contribution is -2.19. The third-order valence-electron chi connectivity index (χ3n) is 4.93. The van der Waals surface area contributed by atoms with E-state index in [1.807, 2.05) is 26.0 Å². The summed E-state index contributed by atoms with van der Waals surface area (Å²) in [5.74, 6) is 0.115. The van der Waals surface area contributed by atoms with Crippen LogP contribution in [-0.4, -0.2) is 5.78 Å². The molecule has 0 saturated heterocycles. The van der Waals surface area contributed by atoms with Crippen molar-refractivity contribution in [3.63, 3.8) is 0 Å². The van der Waals surface area contributed by atoms with E-state index in [4.69, 9.17) is 0 Å². The van der Waals surface area contributed by atoms with Gasteiger partial charge in [-0.15, -0.1) is 0 Å². The van der Waals surface area contributed by atoms with Crippen molar-refractivity contribution in [2.24, 2.45) is 5.41 Å². The number of ketones is 1. The fourth-order valence-electron chi connectivity index (χ4n) is 3.06. The molecule has 0 spiro atoms. The lowest BCUT2D eigenvalue weighted by Gasteiger charge is -2.32. The highest BCUT2D eigenvalue weighted by atomic mass is 16.1. The van der Waals surface area contributed by atoms with E-state index >= 15 is 0 Å². The number of hydrogen-bond donors (Lipinski definition) is 0. The van der Waals surface area contributed by atoms with Crippen LogP contribution in [0.2, 0.25) is 0 Å². The molecule has 0 amide bonds. The van der Waals surface area contributed by atoms with Crippen LogP contribution in [0.4, 0.5) is 0 Å². The molecule has 0 aromatic heterocycles. The fourth-order valence-corrected chi connectivity index (χ4v) is 3.06. The Morgan fingerprint density at radius 1 is 0.960 bits per heavy atom. The van der Waals surface area contributed by atoms with Crippen molar-refractivity contribution >= 4 is 5.78 Å². The maximum atomic E-state index is 11.2. The summed E-state index contributed by atoms with van der Waals surface area (Å²) in [6, 6.07) is 0. The van der Waals surface area contributed by atoms with Crippen LogP contribution in [0.3, 0.4) is 0 Å². The Morgan fingerprint density at radius 2 is 1.60 bits per heavy atom. The van der Waals surface area contributed by atoms with E-state index in [-0.39, 0.29) is 11.2 Å². The first kappa shape index (κ1) is 21.2. The van der Waals surface area contributed by atoms with Gasteiger partial charge in [0.05, 0.1) is 0 Å². The molecule has 1 aliphatic rings. The summed E-state index contributed by atoms with van der Waals surface area (Å²) in [6.45, 7) is 14.6. The van der Waals surface area contributed by atoms with Gasteiger partial charge in [0.25, 0.3) is 0 Å². The fraction of sp³-hybridized carbons (Fsp3) is 0.458. The quantitative estimate of drug-likeness (QED) is 0.374. The monoisotopic (exact) mass is 338 g/mol. The van der Waals surface area contributed by atoms with Crippen molar-refractivity contribution in [2.75, 3.05) is 0 Å². The lowest BCUT2D eigenvalue weighted by molar-refractivity contribution is -0.113. The second kappa shape index (κ2) is 9.56. The molecule has 0 saturated carbocycles. The SMILES string of the molecule is CC(=O)C(C)=CC=C(C)C=CC=C(C)C=CC1=C(C)CCCC1(C)C. The van der Waals surface area contributed by atoms with Gasteiger partial charge in [0.2, 0.25) is 0 Å². The summed E-state index contributed by atoms with van der Waals surface area (Å²) in [4.78, 5) is 11.2. The number of Topliss-reactive ketones (excluding diaryl/α,β-unsaturated/α-hetero) is 1. The molecule has 0 bridgehead atoms. The average molecular weight is 339 g/mol. The van der Waals surface area contributed by atoms with E-state index < -0.39 is 0 Å². The summed E-state index contributed by atoms with van der Waals surface area (Å²) < 4.78 is 0. The van der Waals surface area contributed by atoms with Gasteiger partial charge >= 0.3 is 0 Å². The number of rotatable bonds is 6. The standard InChI is InChI=1S/C24H34O/c1-18(13-15-20(3)22(5)25)10-8-11-19(2)14-16-23-21(4)12-9-17-24(23,6)7/h8,10-11,13-16H,9,12,17H2,1-7H3. The van der Waals surface area contributed by atoms with Crippen LogP contribution in [-0.2, 0) is 4.79 Å². The van der Waals surface area contributed by atoms with Crippen molar-refractivity contribution in [2.45, 2.75) is 67.7 Å². The highest BCUT2D eigenvalue weighted by Gasteiger charge is 2.26. The molecule has 0 unspecified atom stereocenters. The lowest BCUT2D eigenvalue weighted by atomic mass is 9.72. The molecule has 136 valence electrons. The van der Waals surface area contributed by atoms with Gasteiger partial charge < -0.3 is 0 Å². The Labute approximate surface area is 154 Å². The van der Waals surface area contributed by atoms with E-state index in [0.29, 0.717) is 0 Å². The Bertz CT molecular complexity index is 673. The first-order valence-corrected chi connectivity index (χ1v) is 9.23. The van der Waals surface area contributed by atoms with Crippen molar-refractivity contribution in [1.29, 1.82) is 0 Å². The van der Waals surface area contributed by atoms with Gasteiger partial charge in [-0.3, -0.25) is 4.79 Å². The molecule has 0 heterocycles. The molecule has 0 N–H and O–H groups in total. The first-order valence-electron chi connectivity index (χ1n) is 9.23. The highest BCUT2D eigenvalue weighted by Crippen LogP contribution is 2.40. The van der Waals surface area contributed by atoms with E-state index in [1.54, 1.807) is 6.92 Å². The Balaban J connectivity index is 2.77. The van der Waals surface area contributed by atoms with Crippen LogP contribution in [0, 0.1) is 5.41 Å². The highest BCUT2D eigenvalue weighted by molar-refractivity contribution is 5.92. The number of carbonyl (C=O) groups is 1. The number of carbonyl (C=O) groups excluding carboxylic acids is 1. The Morgan fingerprint density at radius 3 is 2.20 bits per heavy atom. The Kier molecular flexibility index (Phi) is 8.09. The minimum atomic E-state index is 0.115. The normalized spacial score (nSPS) is 20.0. The molecular weight excluding hydrogens is 304 g/mol. The van der Waals surface area contributed by atoms with Gasteiger partial charge in [-0.05, 0) is 70.4 Å². The molecule has 1 rings (SSSR count). The van der Waals surface area contributed by atoms with E-state index in [0.717, 1.165) is 11.1 Å². The van der Waals surface area contributed by atoms with Crippen molar-refractivity contribution in [1.82, 2.24) is 0 Å². The first-order chi connectivity index (χ1) is 11.6. The largest absolute Gasteiger partial charge is 0.295 e. The number of allylic oxidation sites excluding steroid dienone is 12. The van der Waals surface area contributed by atoms with Crippen LogP contribution in [0.15, 0.2) is 70.4 Å². The molecule has 1 nitrogen and oxygen atoms in total. The molecular formula is C24H34O. The molecule has 0 atom stereocenters. The van der Waals surface area contributed by atoms with Crippen LogP contribution in [0.1, 0.15) is 67.7 Å². The van der Waals surface area contributed by atoms with Crippen LogP contribution in [0.5, 0.6) is 0 Å². The maximum absolute atomic E-state index is 11.2. The third kappa shape index (κ3) is 7.25. The van der Waals surface area contributed by atoms with Gasteiger partial charge in [-0.25, -0.2) is 0 Å². The zero-order valence-electron chi connectivity index (χ0n) is 17.1. The third-order valence-corrected chi connectivity index (χ3v) is 4.93. The molecule has 0 aliphatic heterocycles. The van der Waals surface area contributed by atoms with E-state index in [1.165, 1.54) is 36.0 Å². The summed E-state index contributed by atoms with van der Waals surface area (Å²) >= 11 is 0. The topological polar surface area (TPSA) is 17.1 Å². The van der Waals surface area contributed by atoms with E-state index in [2.05, 4.69) is 58.1 Å². The second-order valence-electron chi connectivity index (χ2n) is 7.85. The van der Waals surface area contributed by atoms with Gasteiger partial charge in [-0.1, -0.05) is 73.1 Å². The number of hydrogen-bond acceptors (Lipinski definition) is 1. The van der Waals surface area contributed by atoms with Crippen molar-refractivity contribution < 1.29 is 4.79 Å². The van der Waals surface area contributed by atoms with Gasteiger partial charge in [0.15, 0.2) is 5.78 Å². The molecule has 0 aromatic rings. The van der Waals surface area contributed by atoms with Gasteiger partial charge in [0, 0.05) is 0 Å². The van der Waals surface area contributed by atoms with Crippen LogP contribution < -0.4 is 0 Å². The molecule has 1 heteroatoms. The van der Waals surface area contributed by atoms with Crippen molar-refractivity contribution in [3.8, 4) is 0 Å². The minimum Gasteiger partial charge on any atom is -0.295 e. The second-order valence-corrected chi connectivity index (χ2v) is 7.85. The molecule has 0 aromatic carbocycles. The van der Waals surface area contributed by atoms with E-state index in [9.17, 15) is 4.79 Å². The molecule has 0 fully saturated rings. The predicted octanol–water partition coefficient (Wildman–Crippen LogP) is 7.05. The van der Waals surface area contributed by atoms with Crippen LogP contribution >= 0.6 is 0 Å². The Hall–Kier alpha value is -1.89. The molecule has 1 aliphatic carbocycles. The van der Waals surface area contributed by atoms with Gasteiger partial charge in [-0.2, -0.15) is 0 Å². The van der Waals surface area contributed by atoms with Gasteiger partial charge in [0.1, 0.15) is 0 Å². The van der Waals surface area contributed by atoms with Crippen LogP contribution in [0.25, 0.3) is 0 Å². The predicted molar refractivity (Wildman–Crippen MR) is 111 cm³/mol. The summed E-state index contributed by atoms with van der Waals surface area (Å²) in [6.07, 6.45) is 18.4. The minimum absolute atomic E-state index is 0.115. The van der Waals surface area contributed by atoms with Crippen molar-refractivity contribution in [3.05, 3.63) is 70.4 Å². The zero-order chi connectivity index (χ0) is 19.0.